The highest BCUT2D eigenvalue weighted by Gasteiger charge is 2.08. The zero-order valence-corrected chi connectivity index (χ0v) is 9.71. The third kappa shape index (κ3) is 1.85. The maximum Gasteiger partial charge on any atom is 0.347 e. The zero-order valence-electron chi connectivity index (χ0n) is 9.71. The van der Waals surface area contributed by atoms with Gasteiger partial charge in [0.1, 0.15) is 5.82 Å². The van der Waals surface area contributed by atoms with E-state index in [1.807, 2.05) is 0 Å². The molecule has 1 aromatic carbocycles. The van der Waals surface area contributed by atoms with Crippen molar-refractivity contribution in [2.45, 2.75) is 6.54 Å². The van der Waals surface area contributed by atoms with Crippen molar-refractivity contribution in [2.24, 2.45) is 0 Å². The van der Waals surface area contributed by atoms with Gasteiger partial charge in [0.25, 0.3) is 5.56 Å². The van der Waals surface area contributed by atoms with Crippen LogP contribution in [0.2, 0.25) is 0 Å². The van der Waals surface area contributed by atoms with Crippen LogP contribution >= 0.6 is 0 Å². The van der Waals surface area contributed by atoms with Crippen LogP contribution in [0.25, 0.3) is 5.65 Å². The van der Waals surface area contributed by atoms with E-state index in [-0.39, 0.29) is 18.0 Å². The second kappa shape index (κ2) is 4.20. The van der Waals surface area contributed by atoms with Crippen molar-refractivity contribution in [1.82, 2.24) is 19.2 Å². The van der Waals surface area contributed by atoms with Gasteiger partial charge >= 0.3 is 5.69 Å². The summed E-state index contributed by atoms with van der Waals surface area (Å²) in [6.07, 6.45) is 2.85. The van der Waals surface area contributed by atoms with Crippen molar-refractivity contribution in [1.29, 1.82) is 0 Å². The van der Waals surface area contributed by atoms with Crippen molar-refractivity contribution in [3.05, 3.63) is 68.9 Å². The molecule has 3 aromatic rings. The molecule has 0 fully saturated rings. The molecule has 19 heavy (non-hydrogen) atoms. The number of fused-ring (bicyclic) bond motifs is 1. The van der Waals surface area contributed by atoms with Crippen LogP contribution in [0.4, 0.5) is 4.39 Å². The Hall–Kier alpha value is -2.70. The summed E-state index contributed by atoms with van der Waals surface area (Å²) < 4.78 is 15.9. The highest BCUT2D eigenvalue weighted by Crippen LogP contribution is 2.07. The van der Waals surface area contributed by atoms with Gasteiger partial charge in [-0.25, -0.2) is 18.7 Å². The van der Waals surface area contributed by atoms with Crippen LogP contribution in [0.1, 0.15) is 5.56 Å². The van der Waals surface area contributed by atoms with E-state index in [1.165, 1.54) is 23.0 Å². The molecule has 0 unspecified atom stereocenters. The summed E-state index contributed by atoms with van der Waals surface area (Å²) in [7, 11) is 0. The smallest absolute Gasteiger partial charge is 0.306 e. The fraction of sp³-hybridized carbons (Fsp3) is 0.0833. The Morgan fingerprint density at radius 3 is 2.79 bits per heavy atom. The Morgan fingerprint density at radius 1 is 1.21 bits per heavy atom. The van der Waals surface area contributed by atoms with E-state index < -0.39 is 11.2 Å². The molecule has 2 aromatic heterocycles. The summed E-state index contributed by atoms with van der Waals surface area (Å²) in [4.78, 5) is 23.3. The van der Waals surface area contributed by atoms with Crippen molar-refractivity contribution < 1.29 is 4.39 Å². The van der Waals surface area contributed by atoms with Gasteiger partial charge in [-0.2, -0.15) is 0 Å². The lowest BCUT2D eigenvalue weighted by Gasteiger charge is -2.06. The number of hydrogen-bond donors (Lipinski definition) is 1. The van der Waals surface area contributed by atoms with Crippen LogP contribution in [-0.4, -0.2) is 19.2 Å². The number of benzene rings is 1. The van der Waals surface area contributed by atoms with E-state index in [0.29, 0.717) is 5.56 Å². The van der Waals surface area contributed by atoms with Crippen LogP contribution in [0.15, 0.2) is 46.2 Å². The average molecular weight is 260 g/mol. The number of hydrogen-bond acceptors (Lipinski definition) is 3. The SMILES string of the molecule is O=c1c2n[nH]c(=O)n2ccn1Cc1ccccc1F. The van der Waals surface area contributed by atoms with Crippen molar-refractivity contribution in [2.75, 3.05) is 0 Å². The summed E-state index contributed by atoms with van der Waals surface area (Å²) in [6.45, 7) is 0.0864. The molecule has 0 bridgehead atoms. The molecule has 0 atom stereocenters. The molecule has 0 aliphatic rings. The molecular formula is C12H9FN4O2. The number of nitrogens with zero attached hydrogens (tertiary/aromatic N) is 3. The summed E-state index contributed by atoms with van der Waals surface area (Å²) in [5, 5.41) is 5.83. The van der Waals surface area contributed by atoms with Gasteiger partial charge < -0.3 is 4.57 Å². The molecule has 3 rings (SSSR count). The Bertz CT molecular complexity index is 862. The lowest BCUT2D eigenvalue weighted by atomic mass is 10.2. The van der Waals surface area contributed by atoms with Gasteiger partial charge in [-0.15, -0.1) is 5.10 Å². The summed E-state index contributed by atoms with van der Waals surface area (Å²) in [5.74, 6) is -0.381. The maximum atomic E-state index is 13.5. The largest absolute Gasteiger partial charge is 0.347 e. The molecule has 96 valence electrons. The molecule has 0 aliphatic heterocycles. The van der Waals surface area contributed by atoms with E-state index in [4.69, 9.17) is 0 Å². The Labute approximate surface area is 105 Å². The molecule has 7 heteroatoms. The highest BCUT2D eigenvalue weighted by molar-refractivity contribution is 5.33. The summed E-state index contributed by atoms with van der Waals surface area (Å²) in [5.41, 5.74) is -0.551. The van der Waals surface area contributed by atoms with Crippen molar-refractivity contribution >= 4 is 5.65 Å². The van der Waals surface area contributed by atoms with Crippen LogP contribution in [0, 0.1) is 5.82 Å². The molecular weight excluding hydrogens is 251 g/mol. The lowest BCUT2D eigenvalue weighted by Crippen LogP contribution is -2.24. The van der Waals surface area contributed by atoms with Gasteiger partial charge in [0, 0.05) is 18.0 Å². The Morgan fingerprint density at radius 2 is 2.00 bits per heavy atom. The molecule has 6 nitrogen and oxygen atoms in total. The number of halogens is 1. The number of rotatable bonds is 2. The van der Waals surface area contributed by atoms with E-state index in [9.17, 15) is 14.0 Å². The predicted molar refractivity (Wildman–Crippen MR) is 65.6 cm³/mol. The van der Waals surface area contributed by atoms with Gasteiger partial charge in [0.15, 0.2) is 0 Å². The van der Waals surface area contributed by atoms with Gasteiger partial charge in [0.05, 0.1) is 6.54 Å². The van der Waals surface area contributed by atoms with Crippen LogP contribution in [-0.2, 0) is 6.54 Å². The molecule has 1 N–H and O–H groups in total. The first-order valence-corrected chi connectivity index (χ1v) is 5.56. The monoisotopic (exact) mass is 260 g/mol. The van der Waals surface area contributed by atoms with Crippen LogP contribution in [0.5, 0.6) is 0 Å². The number of aromatic nitrogens is 4. The minimum absolute atomic E-state index is 0.0103. The van der Waals surface area contributed by atoms with E-state index in [2.05, 4.69) is 10.2 Å². The topological polar surface area (TPSA) is 72.2 Å². The van der Waals surface area contributed by atoms with E-state index >= 15 is 0 Å². The Kier molecular flexibility index (Phi) is 2.52. The summed E-state index contributed by atoms with van der Waals surface area (Å²) in [6, 6.07) is 6.21. The van der Waals surface area contributed by atoms with Crippen molar-refractivity contribution in [3.63, 3.8) is 0 Å². The van der Waals surface area contributed by atoms with E-state index in [1.54, 1.807) is 18.2 Å². The number of aromatic amines is 1. The maximum absolute atomic E-state index is 13.5. The Balaban J connectivity index is 2.12. The molecule has 0 saturated heterocycles. The second-order valence-corrected chi connectivity index (χ2v) is 4.04. The molecule has 0 amide bonds. The first-order valence-electron chi connectivity index (χ1n) is 5.56. The first-order chi connectivity index (χ1) is 9.16. The molecule has 0 radical (unpaired) electrons. The normalized spacial score (nSPS) is 11.0. The quantitative estimate of drug-likeness (QED) is 0.723. The third-order valence-corrected chi connectivity index (χ3v) is 2.85. The van der Waals surface area contributed by atoms with Crippen LogP contribution in [0.3, 0.4) is 0 Å². The molecule has 0 saturated carbocycles. The fourth-order valence-electron chi connectivity index (χ4n) is 1.87. The zero-order chi connectivity index (χ0) is 13.4. The molecule has 0 spiro atoms. The van der Waals surface area contributed by atoms with Crippen molar-refractivity contribution in [3.8, 4) is 0 Å². The second-order valence-electron chi connectivity index (χ2n) is 4.04. The third-order valence-electron chi connectivity index (χ3n) is 2.85. The number of nitrogens with one attached hydrogen (secondary N) is 1. The molecule has 0 aliphatic carbocycles. The van der Waals surface area contributed by atoms with Gasteiger partial charge in [-0.05, 0) is 6.07 Å². The van der Waals surface area contributed by atoms with E-state index in [0.717, 1.165) is 4.40 Å². The summed E-state index contributed by atoms with van der Waals surface area (Å²) >= 11 is 0. The van der Waals surface area contributed by atoms with Crippen LogP contribution < -0.4 is 11.2 Å². The standard InChI is InChI=1S/C12H9FN4O2/c13-9-4-2-1-3-8(9)7-16-5-6-17-10(11(16)18)14-15-12(17)19/h1-6H,7H2,(H,15,19). The van der Waals surface area contributed by atoms with Gasteiger partial charge in [-0.3, -0.25) is 4.79 Å². The predicted octanol–water partition coefficient (Wildman–Crippen LogP) is 0.372. The number of H-pyrrole nitrogens is 1. The average Bonchev–Trinajstić information content (AvgIpc) is 2.78. The minimum atomic E-state index is -0.481. The fourth-order valence-corrected chi connectivity index (χ4v) is 1.87. The first kappa shape index (κ1) is 11.4. The molecule has 2 heterocycles. The highest BCUT2D eigenvalue weighted by atomic mass is 19.1. The lowest BCUT2D eigenvalue weighted by molar-refractivity contribution is 0.595. The minimum Gasteiger partial charge on any atom is -0.306 e. The van der Waals surface area contributed by atoms with Gasteiger partial charge in [0.2, 0.25) is 5.65 Å². The van der Waals surface area contributed by atoms with Gasteiger partial charge in [-0.1, -0.05) is 18.2 Å².